The molecule has 0 fully saturated rings. The number of anilines is 1. The van der Waals surface area contributed by atoms with Gasteiger partial charge >= 0.3 is 0 Å². The molecule has 0 radical (unpaired) electrons. The number of rotatable bonds is 4. The maximum absolute atomic E-state index is 13.3. The number of aromatic amines is 1. The average molecular weight is 407 g/mol. The summed E-state index contributed by atoms with van der Waals surface area (Å²) in [6.07, 6.45) is 1.73. The molecule has 0 saturated heterocycles. The summed E-state index contributed by atoms with van der Waals surface area (Å²) >= 11 is 3.10. The van der Waals surface area contributed by atoms with Crippen LogP contribution in [0.3, 0.4) is 0 Å². The van der Waals surface area contributed by atoms with Crippen molar-refractivity contribution in [2.45, 2.75) is 25.8 Å². The Bertz CT molecular complexity index is 1110. The third kappa shape index (κ3) is 2.62. The molecule has 0 spiro atoms. The van der Waals surface area contributed by atoms with Crippen molar-refractivity contribution < 1.29 is 4.79 Å². The first-order valence-electron chi connectivity index (χ1n) is 9.10. The molecule has 5 nitrogen and oxygen atoms in total. The molecule has 1 atom stereocenters. The number of benzene rings is 1. The van der Waals surface area contributed by atoms with E-state index < -0.39 is 0 Å². The zero-order valence-corrected chi connectivity index (χ0v) is 17.1. The highest BCUT2D eigenvalue weighted by atomic mass is 32.1. The number of nitrogens with one attached hydrogen (secondary N) is 1. The maximum atomic E-state index is 13.3. The van der Waals surface area contributed by atoms with Gasteiger partial charge in [-0.3, -0.25) is 14.8 Å². The summed E-state index contributed by atoms with van der Waals surface area (Å²) in [6, 6.07) is 12.3. The van der Waals surface area contributed by atoms with Gasteiger partial charge in [0.25, 0.3) is 5.91 Å². The second-order valence-corrected chi connectivity index (χ2v) is 8.87. The second-order valence-electron chi connectivity index (χ2n) is 7.05. The van der Waals surface area contributed by atoms with Gasteiger partial charge in [0, 0.05) is 17.1 Å². The van der Waals surface area contributed by atoms with E-state index in [1.54, 1.807) is 22.4 Å². The molecule has 0 bridgehead atoms. The van der Waals surface area contributed by atoms with E-state index in [9.17, 15) is 4.79 Å². The molecule has 1 unspecified atom stereocenters. The van der Waals surface area contributed by atoms with Crippen LogP contribution in [0.5, 0.6) is 0 Å². The fourth-order valence-corrected chi connectivity index (χ4v) is 5.06. The van der Waals surface area contributed by atoms with Crippen LogP contribution in [-0.2, 0) is 0 Å². The zero-order chi connectivity index (χ0) is 19.3. The smallest absolute Gasteiger partial charge is 0.276 e. The zero-order valence-electron chi connectivity index (χ0n) is 15.4. The highest BCUT2D eigenvalue weighted by Crippen LogP contribution is 2.46. The molecule has 3 aromatic heterocycles. The Labute approximate surface area is 170 Å². The summed E-state index contributed by atoms with van der Waals surface area (Å²) in [6.45, 7) is 4.36. The first kappa shape index (κ1) is 17.3. The molecule has 4 aromatic rings. The highest BCUT2D eigenvalue weighted by Gasteiger charge is 2.44. The molecule has 0 aliphatic carbocycles. The Kier molecular flexibility index (Phi) is 4.14. The van der Waals surface area contributed by atoms with Crippen LogP contribution in [0.15, 0.2) is 53.4 Å². The number of amides is 1. The normalized spacial score (nSPS) is 16.2. The lowest BCUT2D eigenvalue weighted by Crippen LogP contribution is -2.29. The van der Waals surface area contributed by atoms with Gasteiger partial charge in [-0.05, 0) is 28.5 Å². The van der Waals surface area contributed by atoms with Gasteiger partial charge in [0.1, 0.15) is 0 Å². The SMILES string of the molecule is CC(C)c1ccc(C2c3c(n[nH]c3-c3cccs3)C(=O)N2c2nccs2)cc1. The lowest BCUT2D eigenvalue weighted by atomic mass is 9.95. The molecule has 4 heterocycles. The molecular weight excluding hydrogens is 388 g/mol. The van der Waals surface area contributed by atoms with Crippen LogP contribution in [0, 0.1) is 0 Å². The van der Waals surface area contributed by atoms with Gasteiger partial charge in [-0.15, -0.1) is 22.7 Å². The van der Waals surface area contributed by atoms with Crippen molar-refractivity contribution in [2.24, 2.45) is 0 Å². The average Bonchev–Trinajstić information content (AvgIpc) is 3.48. The molecule has 1 aliphatic heterocycles. The van der Waals surface area contributed by atoms with E-state index in [0.717, 1.165) is 21.7 Å². The molecular formula is C21H18N4OS2. The van der Waals surface area contributed by atoms with Gasteiger partial charge in [0.2, 0.25) is 0 Å². The molecule has 1 aromatic carbocycles. The summed E-state index contributed by atoms with van der Waals surface area (Å²) in [7, 11) is 0. The van der Waals surface area contributed by atoms with Gasteiger partial charge < -0.3 is 0 Å². The fraction of sp³-hybridized carbons (Fsp3) is 0.190. The van der Waals surface area contributed by atoms with Gasteiger partial charge in [-0.25, -0.2) is 4.98 Å². The van der Waals surface area contributed by atoms with Crippen LogP contribution in [0.2, 0.25) is 0 Å². The number of fused-ring (bicyclic) bond motifs is 1. The summed E-state index contributed by atoms with van der Waals surface area (Å²) < 4.78 is 0. The van der Waals surface area contributed by atoms with Crippen molar-refractivity contribution in [3.8, 4) is 10.6 Å². The van der Waals surface area contributed by atoms with Crippen LogP contribution in [0.4, 0.5) is 5.13 Å². The predicted molar refractivity (Wildman–Crippen MR) is 113 cm³/mol. The van der Waals surface area contributed by atoms with Crippen molar-refractivity contribution >= 4 is 33.7 Å². The topological polar surface area (TPSA) is 61.9 Å². The number of hydrogen-bond donors (Lipinski definition) is 1. The minimum atomic E-state index is -0.245. The van der Waals surface area contributed by atoms with E-state index in [1.807, 2.05) is 22.9 Å². The standard InChI is InChI=1S/C21H18N4OS2/c1-12(2)13-5-7-14(8-6-13)19-16-17(15-4-3-10-27-15)23-24-18(16)20(26)25(19)21-22-9-11-28-21/h3-12,19H,1-2H3,(H,23,24). The van der Waals surface area contributed by atoms with Gasteiger partial charge in [-0.1, -0.05) is 44.2 Å². The van der Waals surface area contributed by atoms with Crippen LogP contribution in [0.1, 0.15) is 53.0 Å². The Balaban J connectivity index is 1.69. The third-order valence-corrected chi connectivity index (χ3v) is 6.73. The lowest BCUT2D eigenvalue weighted by Gasteiger charge is -2.24. The fourth-order valence-electron chi connectivity index (χ4n) is 3.66. The Hall–Kier alpha value is -2.77. The molecule has 140 valence electrons. The van der Waals surface area contributed by atoms with Crippen LogP contribution in [0.25, 0.3) is 10.6 Å². The molecule has 28 heavy (non-hydrogen) atoms. The van der Waals surface area contributed by atoms with E-state index in [1.165, 1.54) is 16.9 Å². The Morgan fingerprint density at radius 2 is 1.93 bits per heavy atom. The quantitative estimate of drug-likeness (QED) is 0.489. The van der Waals surface area contributed by atoms with E-state index >= 15 is 0 Å². The molecule has 1 aliphatic rings. The number of H-pyrrole nitrogens is 1. The minimum absolute atomic E-state index is 0.109. The summed E-state index contributed by atoms with van der Waals surface area (Å²) in [5, 5.41) is 12.1. The summed E-state index contributed by atoms with van der Waals surface area (Å²) in [4.78, 5) is 20.5. The van der Waals surface area contributed by atoms with E-state index in [0.29, 0.717) is 16.7 Å². The first-order chi connectivity index (χ1) is 13.6. The van der Waals surface area contributed by atoms with E-state index in [-0.39, 0.29) is 11.9 Å². The largest absolute Gasteiger partial charge is 0.281 e. The number of thiazole rings is 1. The Morgan fingerprint density at radius 3 is 2.57 bits per heavy atom. The molecule has 0 saturated carbocycles. The Morgan fingerprint density at radius 1 is 1.11 bits per heavy atom. The predicted octanol–water partition coefficient (Wildman–Crippen LogP) is 5.47. The minimum Gasteiger partial charge on any atom is -0.276 e. The number of hydrogen-bond acceptors (Lipinski definition) is 5. The number of thiophene rings is 1. The van der Waals surface area contributed by atoms with Crippen LogP contribution >= 0.6 is 22.7 Å². The van der Waals surface area contributed by atoms with Crippen LogP contribution in [-0.4, -0.2) is 21.1 Å². The van der Waals surface area contributed by atoms with Crippen molar-refractivity contribution in [2.75, 3.05) is 4.90 Å². The van der Waals surface area contributed by atoms with Crippen molar-refractivity contribution in [3.05, 3.63) is 75.7 Å². The number of carbonyl (C=O) groups excluding carboxylic acids is 1. The molecule has 7 heteroatoms. The van der Waals surface area contributed by atoms with E-state index in [4.69, 9.17) is 0 Å². The second kappa shape index (κ2) is 6.68. The molecule has 1 amide bonds. The van der Waals surface area contributed by atoms with Crippen molar-refractivity contribution in [3.63, 3.8) is 0 Å². The number of carbonyl (C=O) groups is 1. The summed E-state index contributed by atoms with van der Waals surface area (Å²) in [5.41, 5.74) is 4.66. The number of nitrogens with zero attached hydrogens (tertiary/aromatic N) is 3. The molecule has 5 rings (SSSR count). The van der Waals surface area contributed by atoms with E-state index in [2.05, 4.69) is 53.3 Å². The van der Waals surface area contributed by atoms with Gasteiger partial charge in [0.15, 0.2) is 10.8 Å². The van der Waals surface area contributed by atoms with Gasteiger partial charge in [-0.2, -0.15) is 5.10 Å². The highest BCUT2D eigenvalue weighted by molar-refractivity contribution is 7.14. The van der Waals surface area contributed by atoms with Crippen LogP contribution < -0.4 is 4.90 Å². The van der Waals surface area contributed by atoms with Crippen molar-refractivity contribution in [1.29, 1.82) is 0 Å². The number of aromatic nitrogens is 3. The van der Waals surface area contributed by atoms with Gasteiger partial charge in [0.05, 0.1) is 16.6 Å². The van der Waals surface area contributed by atoms with Crippen molar-refractivity contribution in [1.82, 2.24) is 15.2 Å². The third-order valence-electron chi connectivity index (χ3n) is 5.07. The maximum Gasteiger partial charge on any atom is 0.281 e. The summed E-state index contributed by atoms with van der Waals surface area (Å²) in [5.74, 6) is 0.349. The monoisotopic (exact) mass is 406 g/mol. The lowest BCUT2D eigenvalue weighted by molar-refractivity contribution is 0.0988. The molecule has 1 N–H and O–H groups in total. The first-order valence-corrected chi connectivity index (χ1v) is 10.9.